The summed E-state index contributed by atoms with van der Waals surface area (Å²) in [5.41, 5.74) is 1.65. The molecule has 110 valence electrons. The molecule has 2 rings (SSSR count). The Morgan fingerprint density at radius 3 is 2.80 bits per heavy atom. The predicted octanol–water partition coefficient (Wildman–Crippen LogP) is 2.91. The molecule has 4 heteroatoms. The molecule has 0 amide bonds. The van der Waals surface area contributed by atoms with Crippen molar-refractivity contribution >= 4 is 11.8 Å². The normalized spacial score (nSPS) is 22.7. The van der Waals surface area contributed by atoms with Crippen LogP contribution in [0.5, 0.6) is 0 Å². The molecule has 0 saturated carbocycles. The van der Waals surface area contributed by atoms with Gasteiger partial charge in [-0.2, -0.15) is 0 Å². The number of pyridine rings is 1. The minimum absolute atomic E-state index is 0.297. The second kappa shape index (κ2) is 6.25. The Labute approximate surface area is 121 Å². The number of aromatic nitrogens is 1. The summed E-state index contributed by atoms with van der Waals surface area (Å²) in [5.74, 6) is 1.81. The second-order valence-electron chi connectivity index (χ2n) is 5.75. The third kappa shape index (κ3) is 2.94. The van der Waals surface area contributed by atoms with Crippen LogP contribution in [0.3, 0.4) is 0 Å². The number of nitrogens with zero attached hydrogens (tertiary/aromatic N) is 2. The molecular weight excluding hydrogens is 252 g/mol. The van der Waals surface area contributed by atoms with E-state index in [-0.39, 0.29) is 5.97 Å². The van der Waals surface area contributed by atoms with Gasteiger partial charge in [0.05, 0.1) is 7.11 Å². The molecule has 2 unspecified atom stereocenters. The fourth-order valence-corrected chi connectivity index (χ4v) is 2.66. The van der Waals surface area contributed by atoms with Crippen molar-refractivity contribution in [2.45, 2.75) is 33.6 Å². The van der Waals surface area contributed by atoms with Gasteiger partial charge in [0.15, 0.2) is 0 Å². The highest BCUT2D eigenvalue weighted by Gasteiger charge is 2.26. The predicted molar refractivity (Wildman–Crippen MR) is 80.1 cm³/mol. The van der Waals surface area contributed by atoms with Crippen LogP contribution < -0.4 is 4.90 Å². The number of hydrogen-bond acceptors (Lipinski definition) is 4. The SMILES string of the molecule is CCc1cnc(N2CCC(C)C(C)C2)c(C(=O)OC)c1. The van der Waals surface area contributed by atoms with Crippen molar-refractivity contribution in [1.29, 1.82) is 0 Å². The lowest BCUT2D eigenvalue weighted by Gasteiger charge is -2.36. The number of aryl methyl sites for hydroxylation is 1. The number of carbonyl (C=O) groups excluding carboxylic acids is 1. The van der Waals surface area contributed by atoms with E-state index in [4.69, 9.17) is 4.74 Å². The van der Waals surface area contributed by atoms with Gasteiger partial charge in [0.1, 0.15) is 11.4 Å². The number of piperidine rings is 1. The number of carbonyl (C=O) groups is 1. The van der Waals surface area contributed by atoms with Crippen molar-refractivity contribution in [3.8, 4) is 0 Å². The number of hydrogen-bond donors (Lipinski definition) is 0. The molecule has 0 bridgehead atoms. The molecular formula is C16H24N2O2. The van der Waals surface area contributed by atoms with Crippen LogP contribution in [0, 0.1) is 11.8 Å². The maximum atomic E-state index is 12.0. The molecule has 0 spiro atoms. The molecule has 2 atom stereocenters. The van der Waals surface area contributed by atoms with Crippen molar-refractivity contribution in [2.24, 2.45) is 11.8 Å². The van der Waals surface area contributed by atoms with E-state index in [1.807, 2.05) is 12.3 Å². The van der Waals surface area contributed by atoms with E-state index < -0.39 is 0 Å². The van der Waals surface area contributed by atoms with Gasteiger partial charge in [0.25, 0.3) is 0 Å². The molecule has 1 saturated heterocycles. The van der Waals surface area contributed by atoms with E-state index in [2.05, 4.69) is 30.7 Å². The Morgan fingerprint density at radius 1 is 1.45 bits per heavy atom. The topological polar surface area (TPSA) is 42.4 Å². The molecule has 1 aliphatic heterocycles. The van der Waals surface area contributed by atoms with Gasteiger partial charge in [-0.1, -0.05) is 20.8 Å². The zero-order chi connectivity index (χ0) is 14.7. The van der Waals surface area contributed by atoms with Crippen molar-refractivity contribution in [2.75, 3.05) is 25.1 Å². The molecule has 0 aliphatic carbocycles. The largest absolute Gasteiger partial charge is 0.465 e. The van der Waals surface area contributed by atoms with Gasteiger partial charge in [0, 0.05) is 19.3 Å². The zero-order valence-corrected chi connectivity index (χ0v) is 12.8. The minimum Gasteiger partial charge on any atom is -0.465 e. The Kier molecular flexibility index (Phi) is 4.63. The Balaban J connectivity index is 2.33. The Hall–Kier alpha value is -1.58. The maximum Gasteiger partial charge on any atom is 0.341 e. The van der Waals surface area contributed by atoms with E-state index in [1.165, 1.54) is 7.11 Å². The Bertz CT molecular complexity index is 487. The van der Waals surface area contributed by atoms with Crippen molar-refractivity contribution in [3.63, 3.8) is 0 Å². The highest BCUT2D eigenvalue weighted by Crippen LogP contribution is 2.28. The lowest BCUT2D eigenvalue weighted by atomic mass is 9.88. The number of esters is 1. The molecule has 0 N–H and O–H groups in total. The van der Waals surface area contributed by atoms with E-state index in [1.54, 1.807) is 0 Å². The summed E-state index contributed by atoms with van der Waals surface area (Å²) in [5, 5.41) is 0. The first-order valence-corrected chi connectivity index (χ1v) is 7.39. The molecule has 20 heavy (non-hydrogen) atoms. The Morgan fingerprint density at radius 2 is 2.20 bits per heavy atom. The van der Waals surface area contributed by atoms with E-state index in [9.17, 15) is 4.79 Å². The van der Waals surface area contributed by atoms with Gasteiger partial charge in [-0.15, -0.1) is 0 Å². The molecule has 1 aromatic rings. The molecule has 1 aromatic heterocycles. The average Bonchev–Trinajstić information content (AvgIpc) is 2.48. The second-order valence-corrected chi connectivity index (χ2v) is 5.75. The summed E-state index contributed by atoms with van der Waals surface area (Å²) in [6.45, 7) is 8.51. The van der Waals surface area contributed by atoms with E-state index >= 15 is 0 Å². The van der Waals surface area contributed by atoms with Gasteiger partial charge in [0.2, 0.25) is 0 Å². The fourth-order valence-electron chi connectivity index (χ4n) is 2.66. The van der Waals surface area contributed by atoms with Crippen molar-refractivity contribution in [3.05, 3.63) is 23.4 Å². The summed E-state index contributed by atoms with van der Waals surface area (Å²) in [7, 11) is 1.42. The molecule has 4 nitrogen and oxygen atoms in total. The minimum atomic E-state index is -0.297. The number of ether oxygens (including phenoxy) is 1. The van der Waals surface area contributed by atoms with Crippen LogP contribution in [-0.2, 0) is 11.2 Å². The molecule has 2 heterocycles. The van der Waals surface area contributed by atoms with Crippen LogP contribution in [0.2, 0.25) is 0 Å². The van der Waals surface area contributed by atoms with Gasteiger partial charge < -0.3 is 9.64 Å². The zero-order valence-electron chi connectivity index (χ0n) is 12.8. The summed E-state index contributed by atoms with van der Waals surface area (Å²) in [4.78, 5) is 18.7. The van der Waals surface area contributed by atoms with Crippen LogP contribution in [0.4, 0.5) is 5.82 Å². The highest BCUT2D eigenvalue weighted by molar-refractivity contribution is 5.95. The van der Waals surface area contributed by atoms with Crippen molar-refractivity contribution < 1.29 is 9.53 Å². The summed E-state index contributed by atoms with van der Waals surface area (Å²) >= 11 is 0. The molecule has 0 aromatic carbocycles. The number of anilines is 1. The number of methoxy groups -OCH3 is 1. The maximum absolute atomic E-state index is 12.0. The third-order valence-electron chi connectivity index (χ3n) is 4.37. The first kappa shape index (κ1) is 14.8. The van der Waals surface area contributed by atoms with Crippen LogP contribution in [-0.4, -0.2) is 31.2 Å². The first-order valence-electron chi connectivity index (χ1n) is 7.39. The lowest BCUT2D eigenvalue weighted by Crippen LogP contribution is -2.39. The smallest absolute Gasteiger partial charge is 0.341 e. The van der Waals surface area contributed by atoms with Crippen molar-refractivity contribution in [1.82, 2.24) is 4.98 Å². The monoisotopic (exact) mass is 276 g/mol. The summed E-state index contributed by atoms with van der Waals surface area (Å²) in [6, 6.07) is 1.91. The van der Waals surface area contributed by atoms with Gasteiger partial charge in [-0.25, -0.2) is 9.78 Å². The third-order valence-corrected chi connectivity index (χ3v) is 4.37. The fraction of sp³-hybridized carbons (Fsp3) is 0.625. The highest BCUT2D eigenvalue weighted by atomic mass is 16.5. The molecule has 1 fully saturated rings. The van der Waals surface area contributed by atoms with E-state index in [0.29, 0.717) is 11.5 Å². The first-order chi connectivity index (χ1) is 9.56. The van der Waals surface area contributed by atoms with Crippen LogP contribution in [0.1, 0.15) is 43.1 Å². The van der Waals surface area contributed by atoms with Crippen LogP contribution in [0.25, 0.3) is 0 Å². The average molecular weight is 276 g/mol. The van der Waals surface area contributed by atoms with E-state index in [0.717, 1.165) is 43.2 Å². The van der Waals surface area contributed by atoms with Crippen LogP contribution in [0.15, 0.2) is 12.3 Å². The van der Waals surface area contributed by atoms with Gasteiger partial charge in [-0.3, -0.25) is 0 Å². The van der Waals surface area contributed by atoms with Gasteiger partial charge >= 0.3 is 5.97 Å². The summed E-state index contributed by atoms with van der Waals surface area (Å²) < 4.78 is 4.91. The lowest BCUT2D eigenvalue weighted by molar-refractivity contribution is 0.0600. The standard InChI is InChI=1S/C16H24N2O2/c1-5-13-8-14(16(19)20-4)15(17-9-13)18-7-6-11(2)12(3)10-18/h8-9,11-12H,5-7,10H2,1-4H3. The van der Waals surface area contributed by atoms with Crippen LogP contribution >= 0.6 is 0 Å². The molecule has 1 aliphatic rings. The molecule has 0 radical (unpaired) electrons. The quantitative estimate of drug-likeness (QED) is 0.796. The summed E-state index contributed by atoms with van der Waals surface area (Å²) in [6.07, 6.45) is 3.87. The van der Waals surface area contributed by atoms with Gasteiger partial charge in [-0.05, 0) is 36.3 Å². The number of rotatable bonds is 3.